The molecule has 2 heterocycles. The predicted molar refractivity (Wildman–Crippen MR) is 104 cm³/mol. The molecule has 0 aromatic heterocycles. The summed E-state index contributed by atoms with van der Waals surface area (Å²) in [4.78, 5) is 24.1. The zero-order chi connectivity index (χ0) is 22.1. The molecule has 4 rings (SSSR count). The van der Waals surface area contributed by atoms with Crippen LogP contribution in [-0.2, 0) is 28.5 Å². The fourth-order valence-electron chi connectivity index (χ4n) is 5.92. The molecule has 0 aromatic carbocycles. The zero-order valence-corrected chi connectivity index (χ0v) is 18.2. The molecular formula is C22H32O8. The van der Waals surface area contributed by atoms with Crippen LogP contribution in [-0.4, -0.2) is 71.5 Å². The number of carbonyl (C=O) groups is 2. The molecule has 2 saturated heterocycles. The first kappa shape index (κ1) is 21.7. The van der Waals surface area contributed by atoms with E-state index < -0.39 is 52.9 Å². The van der Waals surface area contributed by atoms with Crippen LogP contribution < -0.4 is 0 Å². The number of fused-ring (bicyclic) bond motifs is 2. The number of ether oxygens (including phenoxy) is 4. The van der Waals surface area contributed by atoms with Crippen molar-refractivity contribution >= 4 is 11.9 Å². The van der Waals surface area contributed by atoms with Crippen LogP contribution in [0.3, 0.4) is 0 Å². The maximum absolute atomic E-state index is 12.4. The van der Waals surface area contributed by atoms with Crippen LogP contribution >= 0.6 is 0 Å². The lowest BCUT2D eigenvalue weighted by molar-refractivity contribution is -0.239. The molecule has 0 amide bonds. The second-order valence-electron chi connectivity index (χ2n) is 9.92. The van der Waals surface area contributed by atoms with Gasteiger partial charge < -0.3 is 29.2 Å². The summed E-state index contributed by atoms with van der Waals surface area (Å²) < 4.78 is 23.4. The third-order valence-corrected chi connectivity index (χ3v) is 7.74. The van der Waals surface area contributed by atoms with Crippen LogP contribution in [0.4, 0.5) is 0 Å². The van der Waals surface area contributed by atoms with Gasteiger partial charge in [0.25, 0.3) is 0 Å². The second kappa shape index (κ2) is 7.02. The van der Waals surface area contributed by atoms with Crippen molar-refractivity contribution in [2.75, 3.05) is 13.2 Å². The van der Waals surface area contributed by atoms with E-state index in [-0.39, 0.29) is 18.5 Å². The Bertz CT molecular complexity index is 771. The molecule has 2 aliphatic heterocycles. The Morgan fingerprint density at radius 2 is 2.00 bits per heavy atom. The highest BCUT2D eigenvalue weighted by Gasteiger charge is 2.85. The van der Waals surface area contributed by atoms with Crippen LogP contribution in [0.15, 0.2) is 11.6 Å². The zero-order valence-electron chi connectivity index (χ0n) is 18.2. The van der Waals surface area contributed by atoms with E-state index in [4.69, 9.17) is 18.9 Å². The van der Waals surface area contributed by atoms with Crippen LogP contribution in [0.1, 0.15) is 47.5 Å². The Morgan fingerprint density at radius 3 is 2.57 bits per heavy atom. The van der Waals surface area contributed by atoms with Gasteiger partial charge in [0.2, 0.25) is 0 Å². The van der Waals surface area contributed by atoms with E-state index in [1.54, 1.807) is 0 Å². The van der Waals surface area contributed by atoms with Crippen molar-refractivity contribution < 1.29 is 38.7 Å². The Morgan fingerprint density at radius 1 is 1.33 bits per heavy atom. The Hall–Kier alpha value is -1.48. The van der Waals surface area contributed by atoms with E-state index in [9.17, 15) is 19.8 Å². The minimum Gasteiger partial charge on any atom is -0.465 e. The van der Waals surface area contributed by atoms with Crippen molar-refractivity contribution in [2.45, 2.75) is 83.6 Å². The van der Waals surface area contributed by atoms with Gasteiger partial charge in [0.15, 0.2) is 0 Å². The smallest absolute Gasteiger partial charge is 0.306 e. The molecule has 0 radical (unpaired) electrons. The summed E-state index contributed by atoms with van der Waals surface area (Å²) in [6.45, 7) is 9.28. The standard InChI is InChI=1S/C22H32O8/c1-11(2)6-16(24)29-14-8-21(9-27-13(4)23)15(7-12(14)3)30-19-17(25)18(26)20(21,5)22(19)10-28-22/h7,11,14-15,17-19,25-26H,6,8-10H2,1-5H3/t14-,15+,17+,18-,19+,20+,21+,22-/m0/s1. The van der Waals surface area contributed by atoms with Gasteiger partial charge in [-0.25, -0.2) is 0 Å². The SMILES string of the molecule is CC(=O)OC[C@]12C[C@H](OC(=O)CC(C)C)C(C)=C[C@H]1O[C@@H]1[C@H](O)[C@H](O)[C@@]2(C)[C@]12CO2. The van der Waals surface area contributed by atoms with E-state index in [1.807, 2.05) is 33.8 Å². The molecule has 1 spiro atoms. The number of aliphatic hydroxyl groups excluding tert-OH is 2. The van der Waals surface area contributed by atoms with Crippen molar-refractivity contribution in [1.82, 2.24) is 0 Å². The summed E-state index contributed by atoms with van der Waals surface area (Å²) >= 11 is 0. The summed E-state index contributed by atoms with van der Waals surface area (Å²) in [5.41, 5.74) is -1.89. The average molecular weight is 424 g/mol. The second-order valence-corrected chi connectivity index (χ2v) is 9.92. The minimum atomic E-state index is -1.13. The molecule has 8 atom stereocenters. The molecule has 4 aliphatic rings. The lowest BCUT2D eigenvalue weighted by Gasteiger charge is -2.58. The summed E-state index contributed by atoms with van der Waals surface area (Å²) in [5.74, 6) is -0.584. The highest BCUT2D eigenvalue weighted by molar-refractivity contribution is 5.70. The quantitative estimate of drug-likeness (QED) is 0.383. The van der Waals surface area contributed by atoms with Gasteiger partial charge >= 0.3 is 11.9 Å². The topological polar surface area (TPSA) is 115 Å². The van der Waals surface area contributed by atoms with Gasteiger partial charge in [0.1, 0.15) is 30.5 Å². The van der Waals surface area contributed by atoms with Crippen molar-refractivity contribution in [3.63, 3.8) is 0 Å². The lowest BCUT2D eigenvalue weighted by atomic mass is 9.51. The summed E-state index contributed by atoms with van der Waals surface area (Å²) in [5, 5.41) is 21.9. The summed E-state index contributed by atoms with van der Waals surface area (Å²) in [7, 11) is 0. The monoisotopic (exact) mass is 424 g/mol. The molecule has 8 nitrogen and oxygen atoms in total. The lowest BCUT2D eigenvalue weighted by Crippen LogP contribution is -2.67. The number of hydrogen-bond acceptors (Lipinski definition) is 8. The van der Waals surface area contributed by atoms with E-state index in [2.05, 4.69) is 0 Å². The largest absolute Gasteiger partial charge is 0.465 e. The first-order chi connectivity index (χ1) is 14.0. The van der Waals surface area contributed by atoms with Crippen LogP contribution in [0.5, 0.6) is 0 Å². The van der Waals surface area contributed by atoms with Crippen LogP contribution in [0.25, 0.3) is 0 Å². The van der Waals surface area contributed by atoms with Crippen LogP contribution in [0, 0.1) is 16.7 Å². The fourth-order valence-corrected chi connectivity index (χ4v) is 5.92. The normalized spacial score (nSPS) is 46.4. The van der Waals surface area contributed by atoms with Crippen LogP contribution in [0.2, 0.25) is 0 Å². The van der Waals surface area contributed by atoms with Crippen molar-refractivity contribution in [2.24, 2.45) is 16.7 Å². The van der Waals surface area contributed by atoms with Gasteiger partial charge in [-0.1, -0.05) is 26.8 Å². The van der Waals surface area contributed by atoms with E-state index in [0.717, 1.165) is 5.57 Å². The third kappa shape index (κ3) is 2.80. The Balaban J connectivity index is 1.75. The van der Waals surface area contributed by atoms with Gasteiger partial charge in [-0.05, 0) is 18.4 Å². The molecular weight excluding hydrogens is 392 g/mol. The highest BCUT2D eigenvalue weighted by atomic mass is 16.6. The highest BCUT2D eigenvalue weighted by Crippen LogP contribution is 2.71. The fraction of sp³-hybridized carbons (Fsp3) is 0.818. The average Bonchev–Trinajstić information content (AvgIpc) is 3.43. The molecule has 2 bridgehead atoms. The Kier molecular flexibility index (Phi) is 5.09. The van der Waals surface area contributed by atoms with Crippen molar-refractivity contribution in [3.05, 3.63) is 11.6 Å². The van der Waals surface area contributed by atoms with Gasteiger partial charge in [-0.3, -0.25) is 9.59 Å². The number of esters is 2. The molecule has 30 heavy (non-hydrogen) atoms. The molecule has 1 saturated carbocycles. The van der Waals surface area contributed by atoms with Crippen molar-refractivity contribution in [3.8, 4) is 0 Å². The van der Waals surface area contributed by atoms with Crippen molar-refractivity contribution in [1.29, 1.82) is 0 Å². The first-order valence-corrected chi connectivity index (χ1v) is 10.7. The van der Waals surface area contributed by atoms with Gasteiger partial charge in [0.05, 0.1) is 18.8 Å². The van der Waals surface area contributed by atoms with E-state index in [0.29, 0.717) is 19.4 Å². The summed E-state index contributed by atoms with van der Waals surface area (Å²) in [6.07, 6.45) is -1.50. The maximum Gasteiger partial charge on any atom is 0.306 e. The van der Waals surface area contributed by atoms with E-state index in [1.165, 1.54) is 6.92 Å². The molecule has 3 fully saturated rings. The molecule has 2 aliphatic carbocycles. The number of rotatable bonds is 5. The van der Waals surface area contributed by atoms with Gasteiger partial charge in [0, 0.05) is 30.6 Å². The molecule has 0 unspecified atom stereocenters. The Labute approximate surface area is 176 Å². The summed E-state index contributed by atoms with van der Waals surface area (Å²) in [6, 6.07) is 0. The molecule has 168 valence electrons. The van der Waals surface area contributed by atoms with Gasteiger partial charge in [-0.2, -0.15) is 0 Å². The number of epoxide rings is 1. The van der Waals surface area contributed by atoms with E-state index >= 15 is 0 Å². The number of aliphatic hydroxyl groups is 2. The number of hydrogen-bond donors (Lipinski definition) is 2. The predicted octanol–water partition coefficient (Wildman–Crippen LogP) is 1.12. The minimum absolute atomic E-state index is 0.0346. The third-order valence-electron chi connectivity index (χ3n) is 7.74. The van der Waals surface area contributed by atoms with Gasteiger partial charge in [-0.15, -0.1) is 0 Å². The maximum atomic E-state index is 12.4. The molecule has 2 N–H and O–H groups in total. The molecule has 8 heteroatoms. The first-order valence-electron chi connectivity index (χ1n) is 10.7. The molecule has 0 aromatic rings. The number of carbonyl (C=O) groups excluding carboxylic acids is 2.